The van der Waals surface area contributed by atoms with Crippen molar-refractivity contribution in [1.82, 2.24) is 15.6 Å². The van der Waals surface area contributed by atoms with Crippen LogP contribution in [0.4, 0.5) is 10.5 Å². The number of aliphatic hydroxyl groups is 1. The van der Waals surface area contributed by atoms with Crippen LogP contribution < -0.4 is 26.8 Å². The van der Waals surface area contributed by atoms with Gasteiger partial charge in [0.2, 0.25) is 11.5 Å². The first kappa shape index (κ1) is 35.1. The van der Waals surface area contributed by atoms with Crippen LogP contribution in [0.3, 0.4) is 0 Å². The van der Waals surface area contributed by atoms with Gasteiger partial charge in [-0.05, 0) is 98.7 Å². The molecule has 4 aromatic rings. The second kappa shape index (κ2) is 15.9. The van der Waals surface area contributed by atoms with Gasteiger partial charge in [0.25, 0.3) is 0 Å². The Hall–Kier alpha value is -4.71. The van der Waals surface area contributed by atoms with Crippen molar-refractivity contribution in [2.75, 3.05) is 18.0 Å². The first-order valence-corrected chi connectivity index (χ1v) is 17.7. The first-order chi connectivity index (χ1) is 24.2. The van der Waals surface area contributed by atoms with Gasteiger partial charge in [-0.15, -0.1) is 0 Å². The number of nitrogens with zero attached hydrogens (tertiary/aromatic N) is 1. The minimum Gasteiger partial charge on any atom is -0.506 e. The van der Waals surface area contributed by atoms with Crippen LogP contribution in [0, 0.1) is 5.92 Å². The van der Waals surface area contributed by atoms with E-state index in [1.165, 1.54) is 17.0 Å². The summed E-state index contributed by atoms with van der Waals surface area (Å²) in [7, 11) is 0. The molecule has 2 saturated carbocycles. The van der Waals surface area contributed by atoms with Crippen LogP contribution in [-0.2, 0) is 11.2 Å². The summed E-state index contributed by atoms with van der Waals surface area (Å²) in [6.07, 6.45) is 4.69. The molecule has 0 spiro atoms. The molecule has 1 heterocycles. The Kier molecular flexibility index (Phi) is 11.2. The van der Waals surface area contributed by atoms with Gasteiger partial charge in [0.15, 0.2) is 0 Å². The number of hydrogen-bond donors (Lipinski definition) is 7. The van der Waals surface area contributed by atoms with E-state index in [0.717, 1.165) is 55.2 Å². The molecule has 8 N–H and O–H groups in total. The number of aromatic hydroxyl groups is 1. The lowest BCUT2D eigenvalue weighted by molar-refractivity contribution is -0.122. The van der Waals surface area contributed by atoms with Crippen LogP contribution in [0.1, 0.15) is 68.6 Å². The number of nitrogens with two attached hydrogens (primary N) is 1. The lowest BCUT2D eigenvalue weighted by atomic mass is 9.80. The SMILES string of the molecule is N[C@H]1CC[C@H](N(C(=O)O)c2cc(CCCC(=O)N[C@H]3C[C@H](CNC[C@H](O)c4ccc(O)c5[nH]c(=O)ccc45)C3)ccc2-c2ccccc2)CC1. The number of rotatable bonds is 13. The lowest BCUT2D eigenvalue weighted by Gasteiger charge is -2.36. The molecular formula is C39H47N5O6. The second-order valence-electron chi connectivity index (χ2n) is 13.9. The molecule has 3 aromatic carbocycles. The van der Waals surface area contributed by atoms with Crippen molar-refractivity contribution in [3.63, 3.8) is 0 Å². The third kappa shape index (κ3) is 8.35. The van der Waals surface area contributed by atoms with Gasteiger partial charge in [0.05, 0.1) is 17.3 Å². The van der Waals surface area contributed by atoms with Gasteiger partial charge in [-0.3, -0.25) is 14.5 Å². The van der Waals surface area contributed by atoms with Crippen LogP contribution in [-0.4, -0.2) is 63.5 Å². The standard InChI is InChI=1S/C39H47N5O6/c40-27-10-12-29(13-11-27)44(39(49)50)33-21-24(9-14-30(33)26-6-2-1-3-7-26)5-4-8-36(47)42-28-19-25(20-28)22-41-23-35(46)31-15-17-34(45)38-32(31)16-18-37(48)43-38/h1-3,6-7,9,14-18,21,25,27-29,35,41,45-46H,4-5,8,10-13,19-20,22-23,40H2,(H,42,47)(H,43,48)(H,49,50)/t25-,27-,28-,29-,35-/m0/s1. The third-order valence-electron chi connectivity index (χ3n) is 10.2. The fraction of sp³-hybridized carbons (Fsp3) is 0.410. The van der Waals surface area contributed by atoms with Crippen LogP contribution in [0.15, 0.2) is 77.6 Å². The number of nitrogens with one attached hydrogen (secondary N) is 3. The Morgan fingerprint density at radius 2 is 1.74 bits per heavy atom. The zero-order valence-electron chi connectivity index (χ0n) is 28.2. The van der Waals surface area contributed by atoms with Gasteiger partial charge >= 0.3 is 6.09 Å². The molecule has 0 aliphatic heterocycles. The molecule has 2 fully saturated rings. The summed E-state index contributed by atoms with van der Waals surface area (Å²) in [6.45, 7) is 1.03. The topological polar surface area (TPSA) is 181 Å². The van der Waals surface area contributed by atoms with E-state index in [1.807, 2.05) is 48.5 Å². The Bertz CT molecular complexity index is 1850. The number of benzene rings is 3. The fourth-order valence-electron chi connectivity index (χ4n) is 7.47. The Balaban J connectivity index is 0.971. The molecule has 2 aliphatic carbocycles. The summed E-state index contributed by atoms with van der Waals surface area (Å²) in [6, 6.07) is 22.1. The Morgan fingerprint density at radius 3 is 2.48 bits per heavy atom. The van der Waals surface area contributed by atoms with E-state index in [2.05, 4.69) is 15.6 Å². The molecule has 1 atom stereocenters. The molecular weight excluding hydrogens is 634 g/mol. The summed E-state index contributed by atoms with van der Waals surface area (Å²) >= 11 is 0. The van der Waals surface area contributed by atoms with E-state index in [1.54, 1.807) is 12.1 Å². The highest BCUT2D eigenvalue weighted by molar-refractivity contribution is 5.94. The van der Waals surface area contributed by atoms with Crippen molar-refractivity contribution < 1.29 is 24.9 Å². The van der Waals surface area contributed by atoms with Crippen molar-refractivity contribution in [3.8, 4) is 16.9 Å². The molecule has 2 amide bonds. The van der Waals surface area contributed by atoms with Gasteiger partial charge in [-0.2, -0.15) is 0 Å². The number of aliphatic hydroxyl groups excluding tert-OH is 1. The van der Waals surface area contributed by atoms with Crippen molar-refractivity contribution in [2.45, 2.75) is 82.0 Å². The molecule has 11 heteroatoms. The van der Waals surface area contributed by atoms with E-state index in [9.17, 15) is 29.7 Å². The van der Waals surface area contributed by atoms with Crippen LogP contribution in [0.25, 0.3) is 22.0 Å². The molecule has 0 bridgehead atoms. The van der Waals surface area contributed by atoms with Crippen LogP contribution >= 0.6 is 0 Å². The average molecular weight is 682 g/mol. The van der Waals surface area contributed by atoms with Gasteiger partial charge < -0.3 is 36.7 Å². The van der Waals surface area contributed by atoms with E-state index in [-0.39, 0.29) is 35.3 Å². The summed E-state index contributed by atoms with van der Waals surface area (Å²) in [5, 5.41) is 38.3. The molecule has 50 heavy (non-hydrogen) atoms. The number of carboxylic acid groups (broad SMARTS) is 1. The minimum absolute atomic E-state index is 0.0147. The monoisotopic (exact) mass is 681 g/mol. The molecule has 11 nitrogen and oxygen atoms in total. The van der Waals surface area contributed by atoms with Gasteiger partial charge in [-0.25, -0.2) is 4.79 Å². The number of hydrogen-bond acceptors (Lipinski definition) is 7. The Morgan fingerprint density at radius 1 is 0.980 bits per heavy atom. The van der Waals surface area contributed by atoms with E-state index in [0.29, 0.717) is 60.4 Å². The summed E-state index contributed by atoms with van der Waals surface area (Å²) in [4.78, 5) is 41.3. The number of aromatic nitrogens is 1. The molecule has 2 aliphatic rings. The number of phenolic OH excluding ortho intramolecular Hbond substituents is 1. The summed E-state index contributed by atoms with van der Waals surface area (Å²) < 4.78 is 0. The minimum atomic E-state index is -0.964. The van der Waals surface area contributed by atoms with Gasteiger partial charge in [0.1, 0.15) is 5.75 Å². The number of pyridine rings is 1. The van der Waals surface area contributed by atoms with Crippen molar-refractivity contribution in [1.29, 1.82) is 0 Å². The number of anilines is 1. The van der Waals surface area contributed by atoms with E-state index >= 15 is 0 Å². The molecule has 6 rings (SSSR count). The van der Waals surface area contributed by atoms with Crippen LogP contribution in [0.2, 0.25) is 0 Å². The Labute approximate surface area is 291 Å². The predicted octanol–water partition coefficient (Wildman–Crippen LogP) is 5.20. The largest absolute Gasteiger partial charge is 0.506 e. The number of aryl methyl sites for hydroxylation is 1. The van der Waals surface area contributed by atoms with Gasteiger partial charge in [0, 0.05) is 48.1 Å². The maximum absolute atomic E-state index is 12.8. The fourth-order valence-corrected chi connectivity index (χ4v) is 7.47. The quantitative estimate of drug-likeness (QED) is 0.101. The average Bonchev–Trinajstić information content (AvgIpc) is 3.08. The molecule has 0 unspecified atom stereocenters. The van der Waals surface area contributed by atoms with Crippen molar-refractivity contribution >= 4 is 28.6 Å². The van der Waals surface area contributed by atoms with E-state index < -0.39 is 12.2 Å². The van der Waals surface area contributed by atoms with E-state index in [4.69, 9.17) is 5.73 Å². The number of carbonyl (C=O) groups excluding carboxylic acids is 1. The zero-order chi connectivity index (χ0) is 35.2. The molecule has 1 aromatic heterocycles. The number of carbonyl (C=O) groups is 2. The summed E-state index contributed by atoms with van der Waals surface area (Å²) in [5.74, 6) is 0.360. The number of amides is 2. The third-order valence-corrected chi connectivity index (χ3v) is 10.2. The highest BCUT2D eigenvalue weighted by atomic mass is 16.4. The summed E-state index contributed by atoms with van der Waals surface area (Å²) in [5.41, 5.74) is 10.3. The lowest BCUT2D eigenvalue weighted by Crippen LogP contribution is -2.47. The highest BCUT2D eigenvalue weighted by Gasteiger charge is 2.32. The van der Waals surface area contributed by atoms with Gasteiger partial charge in [-0.1, -0.05) is 48.5 Å². The van der Waals surface area contributed by atoms with Crippen LogP contribution in [0.5, 0.6) is 5.75 Å². The van der Waals surface area contributed by atoms with Crippen molar-refractivity contribution in [3.05, 3.63) is 94.3 Å². The number of H-pyrrole nitrogens is 1. The molecule has 264 valence electrons. The highest BCUT2D eigenvalue weighted by Crippen LogP contribution is 2.37. The zero-order valence-corrected chi connectivity index (χ0v) is 28.2. The first-order valence-electron chi connectivity index (χ1n) is 17.7. The molecule has 0 radical (unpaired) electrons. The van der Waals surface area contributed by atoms with Crippen molar-refractivity contribution in [2.24, 2.45) is 11.7 Å². The normalized spacial score (nSPS) is 20.9. The number of phenols is 1. The molecule has 0 saturated heterocycles. The maximum Gasteiger partial charge on any atom is 0.412 e. The predicted molar refractivity (Wildman–Crippen MR) is 194 cm³/mol. The second-order valence-corrected chi connectivity index (χ2v) is 13.9. The smallest absolute Gasteiger partial charge is 0.412 e. The number of aromatic amines is 1. The number of fused-ring (bicyclic) bond motifs is 1. The maximum atomic E-state index is 12.8.